The Hall–Kier alpha value is -3.54. The molecule has 0 aliphatic carbocycles. The summed E-state index contributed by atoms with van der Waals surface area (Å²) >= 11 is 0. The second-order valence-electron chi connectivity index (χ2n) is 5.34. The molecule has 3 aromatic heterocycles. The SMILES string of the molecule is COc1cccc(-c2nc(Nc3ccncc3)c3ccccc3n2)n1. The largest absolute Gasteiger partial charge is 0.481 e. The van der Waals surface area contributed by atoms with E-state index in [1.54, 1.807) is 25.6 Å². The standard InChI is InChI=1S/C19H15N5O/c1-25-17-8-4-7-16(22-17)19-23-15-6-3-2-5-14(15)18(24-19)21-13-9-11-20-12-10-13/h2-12H,1H3,(H,20,21,23,24). The van der Waals surface area contributed by atoms with Crippen LogP contribution in [0, 0.1) is 0 Å². The molecular weight excluding hydrogens is 314 g/mol. The third-order valence-electron chi connectivity index (χ3n) is 3.71. The van der Waals surface area contributed by atoms with Crippen LogP contribution < -0.4 is 10.1 Å². The van der Waals surface area contributed by atoms with Gasteiger partial charge in [-0.15, -0.1) is 0 Å². The number of para-hydroxylation sites is 1. The first-order valence-electron chi connectivity index (χ1n) is 7.79. The van der Waals surface area contributed by atoms with Gasteiger partial charge in [0.2, 0.25) is 5.88 Å². The van der Waals surface area contributed by atoms with E-state index in [-0.39, 0.29) is 0 Å². The maximum absolute atomic E-state index is 5.20. The molecule has 1 aromatic carbocycles. The molecule has 4 rings (SSSR count). The third-order valence-corrected chi connectivity index (χ3v) is 3.71. The number of methoxy groups -OCH3 is 1. The molecular formula is C19H15N5O. The first kappa shape index (κ1) is 15.0. The summed E-state index contributed by atoms with van der Waals surface area (Å²) in [5.41, 5.74) is 2.40. The summed E-state index contributed by atoms with van der Waals surface area (Å²) in [7, 11) is 1.59. The van der Waals surface area contributed by atoms with E-state index in [4.69, 9.17) is 4.74 Å². The number of rotatable bonds is 4. The minimum atomic E-state index is 0.526. The first-order chi connectivity index (χ1) is 12.3. The van der Waals surface area contributed by atoms with Gasteiger partial charge in [-0.05, 0) is 30.3 Å². The molecule has 0 radical (unpaired) electrons. The molecule has 0 atom stereocenters. The number of nitrogens with one attached hydrogen (secondary N) is 1. The first-order valence-corrected chi connectivity index (χ1v) is 7.79. The molecule has 0 fully saturated rings. The fourth-order valence-corrected chi connectivity index (χ4v) is 2.51. The van der Waals surface area contributed by atoms with E-state index in [2.05, 4.69) is 25.3 Å². The van der Waals surface area contributed by atoms with Crippen LogP contribution in [0.5, 0.6) is 5.88 Å². The maximum atomic E-state index is 5.20. The van der Waals surface area contributed by atoms with Gasteiger partial charge < -0.3 is 10.1 Å². The summed E-state index contributed by atoms with van der Waals surface area (Å²) in [6.07, 6.45) is 3.46. The summed E-state index contributed by atoms with van der Waals surface area (Å²) in [5, 5.41) is 4.27. The number of aromatic nitrogens is 4. The average Bonchev–Trinajstić information content (AvgIpc) is 2.69. The molecule has 0 saturated carbocycles. The predicted octanol–water partition coefficient (Wildman–Crippen LogP) is 3.84. The minimum absolute atomic E-state index is 0.526. The van der Waals surface area contributed by atoms with Crippen molar-refractivity contribution in [1.82, 2.24) is 19.9 Å². The lowest BCUT2D eigenvalue weighted by atomic mass is 10.2. The van der Waals surface area contributed by atoms with Crippen molar-refractivity contribution in [2.75, 3.05) is 12.4 Å². The van der Waals surface area contributed by atoms with Gasteiger partial charge in [0.05, 0.1) is 12.6 Å². The second-order valence-corrected chi connectivity index (χ2v) is 5.34. The van der Waals surface area contributed by atoms with E-state index in [0.29, 0.717) is 17.4 Å². The second kappa shape index (κ2) is 6.52. The van der Waals surface area contributed by atoms with Gasteiger partial charge in [-0.3, -0.25) is 4.98 Å². The molecule has 6 nitrogen and oxygen atoms in total. The summed E-state index contributed by atoms with van der Waals surface area (Å²) in [6.45, 7) is 0. The van der Waals surface area contributed by atoms with Crippen LogP contribution in [0.15, 0.2) is 67.0 Å². The van der Waals surface area contributed by atoms with Gasteiger partial charge in [-0.1, -0.05) is 18.2 Å². The third kappa shape index (κ3) is 3.10. The van der Waals surface area contributed by atoms with Crippen molar-refractivity contribution in [3.05, 3.63) is 67.0 Å². The zero-order valence-electron chi connectivity index (χ0n) is 13.5. The molecule has 0 aliphatic heterocycles. The Kier molecular flexibility index (Phi) is 3.92. The zero-order valence-corrected chi connectivity index (χ0v) is 13.5. The highest BCUT2D eigenvalue weighted by molar-refractivity contribution is 5.92. The van der Waals surface area contributed by atoms with Gasteiger partial charge in [-0.25, -0.2) is 15.0 Å². The van der Waals surface area contributed by atoms with Crippen molar-refractivity contribution in [3.63, 3.8) is 0 Å². The van der Waals surface area contributed by atoms with Crippen LogP contribution in [0.2, 0.25) is 0 Å². The topological polar surface area (TPSA) is 72.8 Å². The van der Waals surface area contributed by atoms with Crippen LogP contribution in [0.4, 0.5) is 11.5 Å². The van der Waals surface area contributed by atoms with Gasteiger partial charge in [0.25, 0.3) is 0 Å². The normalized spacial score (nSPS) is 10.6. The Balaban J connectivity index is 1.86. The maximum Gasteiger partial charge on any atom is 0.213 e. The van der Waals surface area contributed by atoms with Gasteiger partial charge in [0.1, 0.15) is 11.5 Å². The molecule has 0 spiro atoms. The van der Waals surface area contributed by atoms with Crippen molar-refractivity contribution < 1.29 is 4.74 Å². The average molecular weight is 329 g/mol. The molecule has 3 heterocycles. The van der Waals surface area contributed by atoms with Crippen molar-refractivity contribution >= 4 is 22.4 Å². The lowest BCUT2D eigenvalue weighted by Crippen LogP contribution is -2.00. The van der Waals surface area contributed by atoms with Gasteiger partial charge in [0, 0.05) is 29.5 Å². The molecule has 6 heteroatoms. The van der Waals surface area contributed by atoms with E-state index in [1.165, 1.54) is 0 Å². The van der Waals surface area contributed by atoms with Crippen LogP contribution in [0.3, 0.4) is 0 Å². The molecule has 4 aromatic rings. The quantitative estimate of drug-likeness (QED) is 0.613. The van der Waals surface area contributed by atoms with E-state index in [1.807, 2.05) is 48.5 Å². The van der Waals surface area contributed by atoms with Crippen LogP contribution >= 0.6 is 0 Å². The van der Waals surface area contributed by atoms with Crippen LogP contribution in [-0.2, 0) is 0 Å². The zero-order chi connectivity index (χ0) is 17.1. The highest BCUT2D eigenvalue weighted by atomic mass is 16.5. The fourth-order valence-electron chi connectivity index (χ4n) is 2.51. The Morgan fingerprint density at radius 1 is 0.840 bits per heavy atom. The van der Waals surface area contributed by atoms with Crippen LogP contribution in [0.25, 0.3) is 22.4 Å². The van der Waals surface area contributed by atoms with Crippen LogP contribution in [-0.4, -0.2) is 27.0 Å². The highest BCUT2D eigenvalue weighted by Crippen LogP contribution is 2.27. The number of pyridine rings is 2. The summed E-state index contributed by atoms with van der Waals surface area (Å²) in [5.74, 6) is 1.78. The number of hydrogen-bond acceptors (Lipinski definition) is 6. The Morgan fingerprint density at radius 3 is 2.52 bits per heavy atom. The molecule has 0 unspecified atom stereocenters. The summed E-state index contributed by atoms with van der Waals surface area (Å²) in [4.78, 5) is 17.8. The van der Waals surface area contributed by atoms with E-state index < -0.39 is 0 Å². The van der Waals surface area contributed by atoms with Crippen molar-refractivity contribution in [2.24, 2.45) is 0 Å². The smallest absolute Gasteiger partial charge is 0.213 e. The molecule has 0 saturated heterocycles. The van der Waals surface area contributed by atoms with Gasteiger partial charge in [-0.2, -0.15) is 0 Å². The van der Waals surface area contributed by atoms with E-state index in [9.17, 15) is 0 Å². The van der Waals surface area contributed by atoms with Crippen molar-refractivity contribution in [3.8, 4) is 17.4 Å². The fraction of sp³-hybridized carbons (Fsp3) is 0.0526. The highest BCUT2D eigenvalue weighted by Gasteiger charge is 2.11. The minimum Gasteiger partial charge on any atom is -0.481 e. The molecule has 25 heavy (non-hydrogen) atoms. The molecule has 0 aliphatic rings. The van der Waals surface area contributed by atoms with Crippen molar-refractivity contribution in [2.45, 2.75) is 0 Å². The van der Waals surface area contributed by atoms with Gasteiger partial charge in [0.15, 0.2) is 5.82 Å². The summed E-state index contributed by atoms with van der Waals surface area (Å²) in [6, 6.07) is 17.2. The number of hydrogen-bond donors (Lipinski definition) is 1. The van der Waals surface area contributed by atoms with Crippen molar-refractivity contribution in [1.29, 1.82) is 0 Å². The molecule has 0 amide bonds. The molecule has 122 valence electrons. The number of nitrogens with zero attached hydrogens (tertiary/aromatic N) is 4. The monoisotopic (exact) mass is 329 g/mol. The summed E-state index contributed by atoms with van der Waals surface area (Å²) < 4.78 is 5.20. The van der Waals surface area contributed by atoms with E-state index >= 15 is 0 Å². The predicted molar refractivity (Wildman–Crippen MR) is 96.8 cm³/mol. The van der Waals surface area contributed by atoms with Gasteiger partial charge >= 0.3 is 0 Å². The molecule has 1 N–H and O–H groups in total. The lowest BCUT2D eigenvalue weighted by Gasteiger charge is -2.11. The Labute approximate surface area is 144 Å². The number of benzene rings is 1. The lowest BCUT2D eigenvalue weighted by molar-refractivity contribution is 0.398. The number of anilines is 2. The number of ether oxygens (including phenoxy) is 1. The van der Waals surface area contributed by atoms with Crippen LogP contribution in [0.1, 0.15) is 0 Å². The Morgan fingerprint density at radius 2 is 1.68 bits per heavy atom. The molecule has 0 bridgehead atoms. The Bertz CT molecular complexity index is 1020. The number of fused-ring (bicyclic) bond motifs is 1. The van der Waals surface area contributed by atoms with E-state index in [0.717, 1.165) is 22.4 Å².